The molecule has 1 aromatic rings. The van der Waals surface area contributed by atoms with Crippen molar-refractivity contribution in [1.82, 2.24) is 0 Å². The summed E-state index contributed by atoms with van der Waals surface area (Å²) in [6.07, 6.45) is 0.455. The molecule has 0 heterocycles. The van der Waals surface area contributed by atoms with Gasteiger partial charge in [0.05, 0.1) is 5.25 Å². The number of rotatable bonds is 5. The van der Waals surface area contributed by atoms with Gasteiger partial charge in [0.2, 0.25) is 0 Å². The van der Waals surface area contributed by atoms with Crippen LogP contribution in [0.3, 0.4) is 0 Å². The Bertz CT molecular complexity index is 517. The van der Waals surface area contributed by atoms with Gasteiger partial charge in [-0.15, -0.1) is 0 Å². The summed E-state index contributed by atoms with van der Waals surface area (Å²) in [6.45, 7) is 3.43. The van der Waals surface area contributed by atoms with E-state index in [9.17, 15) is 8.42 Å². The summed E-state index contributed by atoms with van der Waals surface area (Å²) in [7, 11) is -3.20. The minimum atomic E-state index is -3.20. The molecule has 0 saturated carbocycles. The van der Waals surface area contributed by atoms with Gasteiger partial charge in [-0.2, -0.15) is 0 Å². The number of hydrogen-bond donors (Lipinski definition) is 1. The zero-order valence-corrected chi connectivity index (χ0v) is 12.7. The summed E-state index contributed by atoms with van der Waals surface area (Å²) in [5, 5.41) is 0.281. The van der Waals surface area contributed by atoms with Gasteiger partial charge in [-0.1, -0.05) is 43.1 Å². The highest BCUT2D eigenvalue weighted by Gasteiger charge is 2.30. The van der Waals surface area contributed by atoms with Crippen LogP contribution in [0.5, 0.6) is 0 Å². The van der Waals surface area contributed by atoms with E-state index in [0.29, 0.717) is 22.0 Å². The first-order valence-corrected chi connectivity index (χ1v) is 8.22. The van der Waals surface area contributed by atoms with Crippen molar-refractivity contribution in [3.8, 4) is 0 Å². The Hall–Kier alpha value is -0.290. The summed E-state index contributed by atoms with van der Waals surface area (Å²) >= 11 is 11.9. The average Bonchev–Trinajstić information content (AvgIpc) is 2.29. The molecule has 2 atom stereocenters. The third-order valence-corrected chi connectivity index (χ3v) is 5.90. The number of hydrogen-bond acceptors (Lipinski definition) is 3. The Morgan fingerprint density at radius 1 is 1.28 bits per heavy atom. The van der Waals surface area contributed by atoms with Crippen molar-refractivity contribution in [3.63, 3.8) is 0 Å². The number of benzene rings is 1. The molecule has 102 valence electrons. The molecule has 0 aliphatic rings. The van der Waals surface area contributed by atoms with Crippen molar-refractivity contribution in [2.24, 2.45) is 5.73 Å². The zero-order chi connectivity index (χ0) is 13.9. The van der Waals surface area contributed by atoms with E-state index in [4.69, 9.17) is 28.9 Å². The predicted molar refractivity (Wildman–Crippen MR) is 76.9 cm³/mol. The quantitative estimate of drug-likeness (QED) is 0.908. The van der Waals surface area contributed by atoms with E-state index in [2.05, 4.69) is 0 Å². The second-order valence-corrected chi connectivity index (χ2v) is 7.44. The minimum absolute atomic E-state index is 0.0738. The Morgan fingerprint density at radius 3 is 2.33 bits per heavy atom. The third-order valence-electron chi connectivity index (χ3n) is 2.99. The van der Waals surface area contributed by atoms with Gasteiger partial charge < -0.3 is 5.73 Å². The summed E-state index contributed by atoms with van der Waals surface area (Å²) in [6, 6.07) is 4.28. The van der Waals surface area contributed by atoms with Gasteiger partial charge in [0, 0.05) is 21.8 Å². The van der Waals surface area contributed by atoms with E-state index in [0.717, 1.165) is 0 Å². The highest BCUT2D eigenvalue weighted by molar-refractivity contribution is 7.92. The van der Waals surface area contributed by atoms with E-state index in [1.807, 2.05) is 6.92 Å². The standard InChI is InChI=1S/C12H17Cl2NO2S/c1-3-11(18(16,17)4-2)12(15)9-6-5-8(13)7-10(9)14/h5-7,11-12H,3-4,15H2,1-2H3/t11-,12+/m0/s1. The van der Waals surface area contributed by atoms with Crippen LogP contribution in [0.25, 0.3) is 0 Å². The third kappa shape index (κ3) is 3.38. The molecule has 0 aromatic heterocycles. The van der Waals surface area contributed by atoms with Crippen LogP contribution < -0.4 is 5.73 Å². The second-order valence-electron chi connectivity index (χ2n) is 4.09. The molecule has 2 N–H and O–H groups in total. The van der Waals surface area contributed by atoms with Crippen LogP contribution in [0.1, 0.15) is 31.9 Å². The minimum Gasteiger partial charge on any atom is -0.323 e. The maximum absolute atomic E-state index is 12.0. The van der Waals surface area contributed by atoms with E-state index < -0.39 is 21.1 Å². The molecule has 0 radical (unpaired) electrons. The summed E-state index contributed by atoms with van der Waals surface area (Å²) in [4.78, 5) is 0. The van der Waals surface area contributed by atoms with E-state index >= 15 is 0 Å². The van der Waals surface area contributed by atoms with Crippen LogP contribution in [0.15, 0.2) is 18.2 Å². The van der Waals surface area contributed by atoms with Crippen LogP contribution in [-0.4, -0.2) is 19.4 Å². The van der Waals surface area contributed by atoms with Gasteiger partial charge in [0.1, 0.15) is 0 Å². The normalized spacial score (nSPS) is 15.4. The highest BCUT2D eigenvalue weighted by atomic mass is 35.5. The lowest BCUT2D eigenvalue weighted by Crippen LogP contribution is -2.34. The first-order valence-electron chi connectivity index (χ1n) is 5.75. The van der Waals surface area contributed by atoms with Gasteiger partial charge in [-0.25, -0.2) is 8.42 Å². The first kappa shape index (κ1) is 15.8. The molecule has 0 aliphatic carbocycles. The lowest BCUT2D eigenvalue weighted by Gasteiger charge is -2.23. The fraction of sp³-hybridized carbons (Fsp3) is 0.500. The van der Waals surface area contributed by atoms with Crippen molar-refractivity contribution in [2.75, 3.05) is 5.75 Å². The van der Waals surface area contributed by atoms with Crippen LogP contribution in [0, 0.1) is 0 Å². The summed E-state index contributed by atoms with van der Waals surface area (Å²) in [5.41, 5.74) is 6.67. The van der Waals surface area contributed by atoms with E-state index in [-0.39, 0.29) is 5.75 Å². The van der Waals surface area contributed by atoms with Gasteiger partial charge in [0.15, 0.2) is 9.84 Å². The van der Waals surface area contributed by atoms with Crippen LogP contribution >= 0.6 is 23.2 Å². The largest absolute Gasteiger partial charge is 0.323 e. The van der Waals surface area contributed by atoms with Crippen LogP contribution in [0.2, 0.25) is 10.0 Å². The van der Waals surface area contributed by atoms with Gasteiger partial charge in [-0.05, 0) is 24.1 Å². The van der Waals surface area contributed by atoms with Crippen molar-refractivity contribution in [3.05, 3.63) is 33.8 Å². The average molecular weight is 310 g/mol. The maximum atomic E-state index is 12.0. The zero-order valence-electron chi connectivity index (χ0n) is 10.4. The topological polar surface area (TPSA) is 60.2 Å². The number of sulfone groups is 1. The van der Waals surface area contributed by atoms with Gasteiger partial charge in [0.25, 0.3) is 0 Å². The number of nitrogens with two attached hydrogens (primary N) is 1. The summed E-state index contributed by atoms with van der Waals surface area (Å²) < 4.78 is 23.9. The van der Waals surface area contributed by atoms with Crippen molar-refractivity contribution in [2.45, 2.75) is 31.6 Å². The smallest absolute Gasteiger partial charge is 0.154 e. The van der Waals surface area contributed by atoms with Crippen molar-refractivity contribution < 1.29 is 8.42 Å². The maximum Gasteiger partial charge on any atom is 0.154 e. The molecule has 1 aromatic carbocycles. The fourth-order valence-electron chi connectivity index (χ4n) is 1.92. The Kier molecular flexibility index (Phi) is 5.46. The molecule has 0 unspecified atom stereocenters. The van der Waals surface area contributed by atoms with Gasteiger partial charge >= 0.3 is 0 Å². The van der Waals surface area contributed by atoms with Crippen LogP contribution in [0.4, 0.5) is 0 Å². The molecule has 0 spiro atoms. The fourth-order valence-corrected chi connectivity index (χ4v) is 3.98. The molecule has 0 amide bonds. The number of halogens is 2. The monoisotopic (exact) mass is 309 g/mol. The molecule has 18 heavy (non-hydrogen) atoms. The molecule has 0 bridgehead atoms. The lowest BCUT2D eigenvalue weighted by atomic mass is 10.0. The molecule has 1 rings (SSSR count). The molecular formula is C12H17Cl2NO2S. The van der Waals surface area contributed by atoms with Crippen molar-refractivity contribution >= 4 is 33.0 Å². The summed E-state index contributed by atoms with van der Waals surface area (Å²) in [5.74, 6) is 0.0738. The molecular weight excluding hydrogens is 293 g/mol. The Labute approximate surface area is 118 Å². The molecule has 0 aliphatic heterocycles. The highest BCUT2D eigenvalue weighted by Crippen LogP contribution is 2.30. The molecule has 0 fully saturated rings. The molecule has 0 saturated heterocycles. The molecule has 6 heteroatoms. The Morgan fingerprint density at radius 2 is 1.89 bits per heavy atom. The Balaban J connectivity index is 3.15. The van der Waals surface area contributed by atoms with Crippen molar-refractivity contribution in [1.29, 1.82) is 0 Å². The van der Waals surface area contributed by atoms with Crippen LogP contribution in [-0.2, 0) is 9.84 Å². The van der Waals surface area contributed by atoms with E-state index in [1.165, 1.54) is 0 Å². The first-order chi connectivity index (χ1) is 8.33. The predicted octanol–water partition coefficient (Wildman–Crippen LogP) is 3.21. The lowest BCUT2D eigenvalue weighted by molar-refractivity contribution is 0.549. The van der Waals surface area contributed by atoms with E-state index in [1.54, 1.807) is 25.1 Å². The molecule has 3 nitrogen and oxygen atoms in total. The van der Waals surface area contributed by atoms with Gasteiger partial charge in [-0.3, -0.25) is 0 Å². The SMILES string of the molecule is CC[C@@H]([C@H](N)c1ccc(Cl)cc1Cl)S(=O)(=O)CC. The second kappa shape index (κ2) is 6.24.